The topological polar surface area (TPSA) is 54.9 Å². The molecule has 0 saturated heterocycles. The zero-order valence-corrected chi connectivity index (χ0v) is 15.0. The number of carbonyl (C=O) groups excluding carboxylic acids is 1. The van der Waals surface area contributed by atoms with Gasteiger partial charge in [-0.05, 0) is 19.1 Å². The molecule has 0 fully saturated rings. The SMILES string of the molecule is Cc1ccc(-c2csc(NC(=O)c3cccnc3SC(F)(F)F)n2)cc1. The molecule has 3 aromatic rings. The summed E-state index contributed by atoms with van der Waals surface area (Å²) in [6.07, 6.45) is 1.21. The molecule has 0 aliphatic rings. The van der Waals surface area contributed by atoms with Crippen LogP contribution in [-0.2, 0) is 0 Å². The van der Waals surface area contributed by atoms with E-state index in [-0.39, 0.29) is 5.56 Å². The van der Waals surface area contributed by atoms with Gasteiger partial charge in [0.1, 0.15) is 5.03 Å². The lowest BCUT2D eigenvalue weighted by Gasteiger charge is -2.09. The van der Waals surface area contributed by atoms with Gasteiger partial charge in [-0.3, -0.25) is 10.1 Å². The Morgan fingerprint density at radius 2 is 1.92 bits per heavy atom. The maximum absolute atomic E-state index is 12.6. The number of thioether (sulfide) groups is 1. The summed E-state index contributed by atoms with van der Waals surface area (Å²) in [7, 11) is 0. The van der Waals surface area contributed by atoms with Crippen LogP contribution in [0.1, 0.15) is 15.9 Å². The molecule has 0 bridgehead atoms. The number of aromatic nitrogens is 2. The number of hydrogen-bond acceptors (Lipinski definition) is 5. The summed E-state index contributed by atoms with van der Waals surface area (Å²) in [6, 6.07) is 10.4. The molecule has 3 rings (SSSR count). The van der Waals surface area contributed by atoms with Crippen molar-refractivity contribution in [2.24, 2.45) is 0 Å². The largest absolute Gasteiger partial charge is 0.447 e. The monoisotopic (exact) mass is 395 g/mol. The molecule has 0 atom stereocenters. The lowest BCUT2D eigenvalue weighted by atomic mass is 10.1. The predicted octanol–water partition coefficient (Wildman–Crippen LogP) is 5.38. The minimum Gasteiger partial charge on any atom is -0.298 e. The fourth-order valence-corrected chi connectivity index (χ4v) is 3.43. The van der Waals surface area contributed by atoms with Crippen molar-refractivity contribution in [1.29, 1.82) is 0 Å². The number of hydrogen-bond donors (Lipinski definition) is 1. The molecule has 4 nitrogen and oxygen atoms in total. The molecule has 0 saturated carbocycles. The third kappa shape index (κ3) is 4.61. The Kier molecular flexibility index (Phi) is 5.28. The van der Waals surface area contributed by atoms with E-state index in [0.29, 0.717) is 10.8 Å². The van der Waals surface area contributed by atoms with E-state index in [1.807, 2.05) is 31.2 Å². The highest BCUT2D eigenvalue weighted by molar-refractivity contribution is 8.00. The fraction of sp³-hybridized carbons (Fsp3) is 0.118. The van der Waals surface area contributed by atoms with E-state index in [1.165, 1.54) is 29.7 Å². The normalized spacial score (nSPS) is 11.4. The zero-order chi connectivity index (χ0) is 18.7. The van der Waals surface area contributed by atoms with Gasteiger partial charge in [0.25, 0.3) is 5.91 Å². The average molecular weight is 395 g/mol. The number of rotatable bonds is 4. The van der Waals surface area contributed by atoms with Crippen LogP contribution in [0.3, 0.4) is 0 Å². The molecule has 0 aliphatic carbocycles. The minimum atomic E-state index is -4.52. The van der Waals surface area contributed by atoms with Crippen LogP contribution in [0, 0.1) is 6.92 Å². The summed E-state index contributed by atoms with van der Waals surface area (Å²) >= 11 is 0.779. The molecule has 134 valence electrons. The van der Waals surface area contributed by atoms with Crippen LogP contribution in [0.2, 0.25) is 0 Å². The highest BCUT2D eigenvalue weighted by atomic mass is 32.2. The number of anilines is 1. The Balaban J connectivity index is 1.78. The van der Waals surface area contributed by atoms with Crippen LogP contribution in [0.5, 0.6) is 0 Å². The van der Waals surface area contributed by atoms with Crippen LogP contribution in [0.15, 0.2) is 53.0 Å². The van der Waals surface area contributed by atoms with Crippen LogP contribution in [0.25, 0.3) is 11.3 Å². The lowest BCUT2D eigenvalue weighted by Crippen LogP contribution is -2.14. The second-order valence-corrected chi connectivity index (χ2v) is 7.17. The number of amides is 1. The average Bonchev–Trinajstić information content (AvgIpc) is 3.03. The zero-order valence-electron chi connectivity index (χ0n) is 13.4. The molecule has 0 aliphatic heterocycles. The van der Waals surface area contributed by atoms with Gasteiger partial charge >= 0.3 is 5.51 Å². The summed E-state index contributed by atoms with van der Waals surface area (Å²) in [5, 5.41) is 4.21. The van der Waals surface area contributed by atoms with Gasteiger partial charge in [0, 0.05) is 28.9 Å². The molecule has 2 heterocycles. The van der Waals surface area contributed by atoms with E-state index in [1.54, 1.807) is 5.38 Å². The Hall–Kier alpha value is -2.39. The molecular weight excluding hydrogens is 383 g/mol. The summed E-state index contributed by atoms with van der Waals surface area (Å²) in [5.74, 6) is -0.686. The summed E-state index contributed by atoms with van der Waals surface area (Å²) in [6.45, 7) is 1.97. The molecular formula is C17H12F3N3OS2. The van der Waals surface area contributed by atoms with E-state index in [0.717, 1.165) is 11.1 Å². The number of halogens is 3. The molecule has 2 aromatic heterocycles. The molecule has 0 spiro atoms. The van der Waals surface area contributed by atoms with Crippen molar-refractivity contribution in [2.75, 3.05) is 5.32 Å². The number of nitrogens with zero attached hydrogens (tertiary/aromatic N) is 2. The van der Waals surface area contributed by atoms with E-state index < -0.39 is 28.2 Å². The Labute approximate surface area is 155 Å². The first-order valence-corrected chi connectivity index (χ1v) is 9.06. The third-order valence-electron chi connectivity index (χ3n) is 3.30. The molecule has 1 N–H and O–H groups in total. The van der Waals surface area contributed by atoms with Crippen molar-refractivity contribution in [3.8, 4) is 11.3 Å². The summed E-state index contributed by atoms with van der Waals surface area (Å²) in [4.78, 5) is 20.3. The Bertz CT molecular complexity index is 924. The van der Waals surface area contributed by atoms with Gasteiger partial charge in [0.2, 0.25) is 0 Å². The molecule has 1 amide bonds. The third-order valence-corrected chi connectivity index (χ3v) is 4.81. The smallest absolute Gasteiger partial charge is 0.298 e. The predicted molar refractivity (Wildman–Crippen MR) is 96.4 cm³/mol. The van der Waals surface area contributed by atoms with Crippen molar-refractivity contribution in [3.63, 3.8) is 0 Å². The number of pyridine rings is 1. The number of benzene rings is 1. The first-order chi connectivity index (χ1) is 12.3. The number of alkyl halides is 3. The van der Waals surface area contributed by atoms with Crippen LogP contribution in [-0.4, -0.2) is 21.4 Å². The second kappa shape index (κ2) is 7.46. The van der Waals surface area contributed by atoms with Crippen molar-refractivity contribution >= 4 is 34.1 Å². The molecule has 0 unspecified atom stereocenters. The van der Waals surface area contributed by atoms with Crippen molar-refractivity contribution < 1.29 is 18.0 Å². The van der Waals surface area contributed by atoms with Crippen LogP contribution < -0.4 is 5.32 Å². The second-order valence-electron chi connectivity index (χ2n) is 5.26. The van der Waals surface area contributed by atoms with Gasteiger partial charge in [0.15, 0.2) is 5.13 Å². The van der Waals surface area contributed by atoms with E-state index in [2.05, 4.69) is 15.3 Å². The summed E-state index contributed by atoms with van der Waals surface area (Å²) < 4.78 is 37.8. The summed E-state index contributed by atoms with van der Waals surface area (Å²) in [5.41, 5.74) is -1.99. The van der Waals surface area contributed by atoms with Gasteiger partial charge in [0.05, 0.1) is 11.3 Å². The van der Waals surface area contributed by atoms with Crippen molar-refractivity contribution in [1.82, 2.24) is 9.97 Å². The van der Waals surface area contributed by atoms with Crippen molar-refractivity contribution in [3.05, 3.63) is 59.1 Å². The van der Waals surface area contributed by atoms with E-state index in [9.17, 15) is 18.0 Å². The molecule has 9 heteroatoms. The van der Waals surface area contributed by atoms with Crippen LogP contribution >= 0.6 is 23.1 Å². The maximum atomic E-state index is 12.6. The van der Waals surface area contributed by atoms with Gasteiger partial charge in [-0.2, -0.15) is 13.2 Å². The number of carbonyl (C=O) groups is 1. The van der Waals surface area contributed by atoms with Crippen LogP contribution in [0.4, 0.5) is 18.3 Å². The number of aryl methyl sites for hydroxylation is 1. The standard InChI is InChI=1S/C17H12F3N3OS2/c1-10-4-6-11(7-5-10)13-9-25-16(22-13)23-14(24)12-3-2-8-21-15(12)26-17(18,19)20/h2-9H,1H3,(H,22,23,24). The molecule has 0 radical (unpaired) electrons. The highest BCUT2D eigenvalue weighted by Crippen LogP contribution is 2.37. The number of nitrogens with one attached hydrogen (secondary N) is 1. The van der Waals surface area contributed by atoms with Gasteiger partial charge in [-0.25, -0.2) is 9.97 Å². The maximum Gasteiger partial charge on any atom is 0.447 e. The fourth-order valence-electron chi connectivity index (χ4n) is 2.11. The Morgan fingerprint density at radius 3 is 2.62 bits per heavy atom. The first-order valence-electron chi connectivity index (χ1n) is 7.36. The first kappa shape index (κ1) is 18.4. The lowest BCUT2D eigenvalue weighted by molar-refractivity contribution is -0.0329. The van der Waals surface area contributed by atoms with Crippen molar-refractivity contribution in [2.45, 2.75) is 17.5 Å². The quantitative estimate of drug-likeness (QED) is 0.603. The van der Waals surface area contributed by atoms with Gasteiger partial charge in [-0.1, -0.05) is 29.8 Å². The molecule has 26 heavy (non-hydrogen) atoms. The molecule has 1 aromatic carbocycles. The number of thiazole rings is 1. The van der Waals surface area contributed by atoms with E-state index >= 15 is 0 Å². The Morgan fingerprint density at radius 1 is 1.19 bits per heavy atom. The minimum absolute atomic E-state index is 0.151. The van der Waals surface area contributed by atoms with E-state index in [4.69, 9.17) is 0 Å². The van der Waals surface area contributed by atoms with Gasteiger partial charge < -0.3 is 0 Å². The highest BCUT2D eigenvalue weighted by Gasteiger charge is 2.32. The van der Waals surface area contributed by atoms with Gasteiger partial charge in [-0.15, -0.1) is 11.3 Å².